The van der Waals surface area contributed by atoms with Crippen LogP contribution in [0, 0.1) is 31.3 Å². The Labute approximate surface area is 269 Å². The van der Waals surface area contributed by atoms with Gasteiger partial charge in [0.25, 0.3) is 12.0 Å². The fourth-order valence-electron chi connectivity index (χ4n) is 5.91. The van der Waals surface area contributed by atoms with Crippen LogP contribution in [0.2, 0.25) is 5.02 Å². The number of piperidine rings is 1. The summed E-state index contributed by atoms with van der Waals surface area (Å²) in [6, 6.07) is 9.20. The van der Waals surface area contributed by atoms with Crippen LogP contribution >= 0.6 is 11.6 Å². The Hall–Kier alpha value is -4.23. The SMILES string of the molecule is C#C.C#CO.C[C@H]1CN(C2COC2)CC[C@]1(F)c1cc(Cl)c[nH]c1=O.FC(F)c1nc(N2CCCC2)c2oc3ccccc3c2n1. The number of benzene rings is 1. The van der Waals surface area contributed by atoms with Gasteiger partial charge in [-0.15, -0.1) is 12.8 Å². The van der Waals surface area contributed by atoms with Crippen LogP contribution < -0.4 is 10.5 Å². The molecule has 9 nitrogen and oxygen atoms in total. The van der Waals surface area contributed by atoms with Crippen LogP contribution in [-0.4, -0.2) is 70.4 Å². The molecule has 1 aromatic carbocycles. The molecule has 0 saturated carbocycles. The van der Waals surface area contributed by atoms with Gasteiger partial charge >= 0.3 is 0 Å². The van der Waals surface area contributed by atoms with Crippen molar-refractivity contribution in [1.82, 2.24) is 19.9 Å². The molecule has 0 aliphatic carbocycles. The Morgan fingerprint density at radius 2 is 1.85 bits per heavy atom. The molecule has 3 fully saturated rings. The summed E-state index contributed by atoms with van der Waals surface area (Å²) in [5.41, 5.74) is -0.222. The quantitative estimate of drug-likeness (QED) is 0.256. The minimum Gasteiger partial charge on any atom is -0.462 e. The van der Waals surface area contributed by atoms with Gasteiger partial charge in [0, 0.05) is 43.7 Å². The Balaban J connectivity index is 0.000000184. The zero-order valence-corrected chi connectivity index (χ0v) is 26.0. The number of hydrogen-bond acceptors (Lipinski definition) is 8. The van der Waals surface area contributed by atoms with Crippen molar-refractivity contribution in [3.63, 3.8) is 0 Å². The van der Waals surface area contributed by atoms with E-state index in [0.717, 1.165) is 44.5 Å². The molecule has 2 N–H and O–H groups in total. The van der Waals surface area contributed by atoms with E-state index in [0.29, 0.717) is 53.1 Å². The van der Waals surface area contributed by atoms with Gasteiger partial charge in [0.15, 0.2) is 17.2 Å². The van der Waals surface area contributed by atoms with Crippen molar-refractivity contribution >= 4 is 39.5 Å². The van der Waals surface area contributed by atoms with E-state index in [1.807, 2.05) is 36.1 Å². The summed E-state index contributed by atoms with van der Waals surface area (Å²) in [6.07, 6.45) is 14.5. The number of fused-ring (bicyclic) bond motifs is 3. The lowest BCUT2D eigenvalue weighted by Crippen LogP contribution is -2.57. The average molecular weight is 658 g/mol. The number of pyridine rings is 1. The normalized spacial score (nSPS) is 21.3. The van der Waals surface area contributed by atoms with Crippen LogP contribution in [0.1, 0.15) is 44.0 Å². The highest BCUT2D eigenvalue weighted by atomic mass is 35.5. The summed E-state index contributed by atoms with van der Waals surface area (Å²) >= 11 is 5.89. The molecule has 2 atom stereocenters. The Morgan fingerprint density at radius 3 is 2.46 bits per heavy atom. The lowest BCUT2D eigenvalue weighted by Gasteiger charge is -2.46. The van der Waals surface area contributed by atoms with Crippen molar-refractivity contribution in [2.75, 3.05) is 44.3 Å². The minimum atomic E-state index is -2.69. The molecule has 3 aliphatic rings. The standard InChI is InChI=1S/C15H13F2N3O.C14H18ClFN2O2.C2H2O.C2H2/c16-13(17)14-18-11-9-5-1-2-6-10(9)21-12(11)15(19-14)20-7-3-4-8-20;1-9-6-18(11-7-20-8-11)3-2-14(9,16)12-4-10(15)5-17-13(12)19;1-2-3;1-2/h1-2,5-6,13H,3-4,7-8H2;4-5,9,11H,2-3,6-8H2,1H3,(H,17,19);1,3H;1-2H/t;9-,14+;;/m.0../s1. The molecule has 13 heteroatoms. The van der Waals surface area contributed by atoms with Gasteiger partial charge in [-0.1, -0.05) is 37.1 Å². The molecule has 0 spiro atoms. The number of likely N-dealkylation sites (tertiary alicyclic amines) is 1. The van der Waals surface area contributed by atoms with Crippen LogP contribution in [0.4, 0.5) is 19.0 Å². The minimum absolute atomic E-state index is 0.155. The van der Waals surface area contributed by atoms with Crippen molar-refractivity contribution in [1.29, 1.82) is 0 Å². The van der Waals surface area contributed by atoms with Crippen LogP contribution in [0.3, 0.4) is 0 Å². The number of terminal acetylenes is 2. The van der Waals surface area contributed by atoms with E-state index in [9.17, 15) is 13.6 Å². The molecule has 3 aliphatic heterocycles. The maximum absolute atomic E-state index is 15.4. The summed E-state index contributed by atoms with van der Waals surface area (Å²) in [5.74, 6) is -0.198. The lowest BCUT2D eigenvalue weighted by molar-refractivity contribution is -0.101. The number of aliphatic hydroxyl groups excluding tert-OH is 1. The number of furan rings is 1. The van der Waals surface area contributed by atoms with Gasteiger partial charge in [-0.25, -0.2) is 23.1 Å². The predicted octanol–water partition coefficient (Wildman–Crippen LogP) is 6.05. The first kappa shape index (κ1) is 34.6. The number of aromatic amines is 1. The average Bonchev–Trinajstić information content (AvgIpc) is 3.69. The number of aliphatic hydroxyl groups is 1. The molecule has 4 aromatic rings. The molecule has 6 heterocycles. The third kappa shape index (κ3) is 7.26. The maximum Gasteiger partial charge on any atom is 0.297 e. The third-order valence-electron chi connectivity index (χ3n) is 8.32. The van der Waals surface area contributed by atoms with Crippen LogP contribution in [-0.2, 0) is 10.4 Å². The highest BCUT2D eigenvalue weighted by molar-refractivity contribution is 6.30. The Morgan fingerprint density at radius 1 is 1.17 bits per heavy atom. The molecule has 244 valence electrons. The fourth-order valence-corrected chi connectivity index (χ4v) is 6.07. The molecular formula is C33H35ClF3N5O4. The number of ether oxygens (including phenoxy) is 1. The molecule has 0 bridgehead atoms. The Kier molecular flexibility index (Phi) is 11.6. The molecule has 46 heavy (non-hydrogen) atoms. The lowest BCUT2D eigenvalue weighted by atomic mass is 9.78. The molecular weight excluding hydrogens is 623 g/mol. The van der Waals surface area contributed by atoms with Crippen LogP contribution in [0.15, 0.2) is 45.7 Å². The highest BCUT2D eigenvalue weighted by Gasteiger charge is 2.46. The van der Waals surface area contributed by atoms with Gasteiger partial charge in [0.05, 0.1) is 29.8 Å². The monoisotopic (exact) mass is 657 g/mol. The summed E-state index contributed by atoms with van der Waals surface area (Å²) in [6.45, 7) is 6.20. The van der Waals surface area contributed by atoms with E-state index in [4.69, 9.17) is 25.9 Å². The van der Waals surface area contributed by atoms with E-state index in [1.54, 1.807) is 0 Å². The van der Waals surface area contributed by atoms with Crippen molar-refractivity contribution in [2.45, 2.75) is 44.3 Å². The second-order valence-corrected chi connectivity index (χ2v) is 11.5. The largest absolute Gasteiger partial charge is 0.462 e. The second kappa shape index (κ2) is 15.4. The highest BCUT2D eigenvalue weighted by Crippen LogP contribution is 2.41. The van der Waals surface area contributed by atoms with Gasteiger partial charge in [0.1, 0.15) is 22.9 Å². The zero-order chi connectivity index (χ0) is 33.4. The topological polar surface area (TPSA) is 108 Å². The van der Waals surface area contributed by atoms with E-state index < -0.39 is 17.9 Å². The summed E-state index contributed by atoms with van der Waals surface area (Å²) in [5, 5.41) is 8.20. The van der Waals surface area contributed by atoms with Gasteiger partial charge in [-0.3, -0.25) is 9.69 Å². The first-order valence-corrected chi connectivity index (χ1v) is 15.1. The van der Waals surface area contributed by atoms with E-state index in [-0.39, 0.29) is 17.0 Å². The molecule has 0 unspecified atom stereocenters. The molecule has 0 radical (unpaired) electrons. The van der Waals surface area contributed by atoms with Crippen molar-refractivity contribution in [3.8, 4) is 25.4 Å². The summed E-state index contributed by atoms with van der Waals surface area (Å²) in [7, 11) is 0. The first-order chi connectivity index (χ1) is 22.2. The van der Waals surface area contributed by atoms with Crippen molar-refractivity contribution in [3.05, 3.63) is 63.3 Å². The molecule has 3 saturated heterocycles. The van der Waals surface area contributed by atoms with E-state index in [2.05, 4.69) is 39.1 Å². The smallest absolute Gasteiger partial charge is 0.297 e. The number of para-hydroxylation sites is 1. The van der Waals surface area contributed by atoms with Gasteiger partial charge in [0.2, 0.25) is 0 Å². The van der Waals surface area contributed by atoms with Crippen molar-refractivity contribution < 1.29 is 27.4 Å². The number of halogens is 4. The second-order valence-electron chi connectivity index (χ2n) is 11.1. The van der Waals surface area contributed by atoms with Crippen molar-refractivity contribution in [2.24, 2.45) is 5.92 Å². The number of aromatic nitrogens is 3. The number of nitrogens with zero attached hydrogens (tertiary/aromatic N) is 4. The number of rotatable bonds is 4. The fraction of sp³-hybridized carbons (Fsp3) is 0.424. The van der Waals surface area contributed by atoms with Crippen LogP contribution in [0.5, 0.6) is 0 Å². The molecule has 7 rings (SSSR count). The third-order valence-corrected chi connectivity index (χ3v) is 8.54. The van der Waals surface area contributed by atoms with E-state index >= 15 is 4.39 Å². The van der Waals surface area contributed by atoms with Crippen LogP contribution in [0.25, 0.3) is 22.1 Å². The number of anilines is 1. The predicted molar refractivity (Wildman–Crippen MR) is 171 cm³/mol. The number of nitrogens with one attached hydrogen (secondary N) is 1. The maximum atomic E-state index is 15.4. The van der Waals surface area contributed by atoms with Gasteiger partial charge in [-0.05, 0) is 37.5 Å². The number of hydrogen-bond donors (Lipinski definition) is 2. The zero-order valence-electron chi connectivity index (χ0n) is 25.3. The van der Waals surface area contributed by atoms with Gasteiger partial charge < -0.3 is 24.1 Å². The molecule has 3 aromatic heterocycles. The number of alkyl halides is 3. The first-order valence-electron chi connectivity index (χ1n) is 14.7. The Bertz CT molecular complexity index is 1750. The molecule has 0 amide bonds. The summed E-state index contributed by atoms with van der Waals surface area (Å²) < 4.78 is 52.6. The summed E-state index contributed by atoms with van der Waals surface area (Å²) in [4.78, 5) is 26.7. The number of H-pyrrole nitrogens is 1. The van der Waals surface area contributed by atoms with Gasteiger partial charge in [-0.2, -0.15) is 0 Å². The van der Waals surface area contributed by atoms with E-state index in [1.165, 1.54) is 18.4 Å².